The van der Waals surface area contributed by atoms with Crippen LogP contribution in [-0.4, -0.2) is 46.8 Å². The Morgan fingerprint density at radius 1 is 1.00 bits per heavy atom. The van der Waals surface area contributed by atoms with Crippen molar-refractivity contribution in [3.8, 4) is 0 Å². The van der Waals surface area contributed by atoms with Crippen LogP contribution in [0.4, 0.5) is 10.5 Å². The van der Waals surface area contributed by atoms with Gasteiger partial charge < -0.3 is 10.2 Å². The molecule has 1 aromatic carbocycles. The van der Waals surface area contributed by atoms with Gasteiger partial charge in [-0.1, -0.05) is 35.4 Å². The van der Waals surface area contributed by atoms with Gasteiger partial charge in [0.15, 0.2) is 0 Å². The standard InChI is InChI=1S/C18H17Cl2N3O3/c19-14-6-5-10(7-15(14)20)21-18(26)22-8-11(9-22)23-16(24)12-3-1-2-4-13(12)17(23)25/h1-2,5-7,11-13H,3-4,8-9H2,(H,21,26)/t12-,13-/m0/s1. The number of carbonyl (C=O) groups excluding carboxylic acids is 3. The summed E-state index contributed by atoms with van der Waals surface area (Å²) in [6.45, 7) is 0.689. The molecule has 2 atom stereocenters. The van der Waals surface area contributed by atoms with E-state index in [0.29, 0.717) is 41.7 Å². The van der Waals surface area contributed by atoms with Gasteiger partial charge in [0.1, 0.15) is 0 Å². The maximum atomic E-state index is 12.5. The van der Waals surface area contributed by atoms with Crippen LogP contribution in [0, 0.1) is 11.8 Å². The predicted octanol–water partition coefficient (Wildman–Crippen LogP) is 3.16. The zero-order chi connectivity index (χ0) is 18.4. The molecule has 0 unspecified atom stereocenters. The fraction of sp³-hybridized carbons (Fsp3) is 0.389. The molecule has 1 aliphatic carbocycles. The Balaban J connectivity index is 1.36. The summed E-state index contributed by atoms with van der Waals surface area (Å²) in [5.41, 5.74) is 0.540. The van der Waals surface area contributed by atoms with Gasteiger partial charge in [0.2, 0.25) is 11.8 Å². The van der Waals surface area contributed by atoms with Crippen molar-refractivity contribution in [3.63, 3.8) is 0 Å². The van der Waals surface area contributed by atoms with Crippen molar-refractivity contribution in [3.05, 3.63) is 40.4 Å². The number of fused-ring (bicyclic) bond motifs is 1. The van der Waals surface area contributed by atoms with E-state index in [2.05, 4.69) is 5.32 Å². The Morgan fingerprint density at radius 2 is 1.62 bits per heavy atom. The number of rotatable bonds is 2. The number of hydrogen-bond acceptors (Lipinski definition) is 3. The van der Waals surface area contributed by atoms with E-state index in [9.17, 15) is 14.4 Å². The second-order valence-corrected chi connectivity index (χ2v) is 7.63. The van der Waals surface area contributed by atoms with Crippen LogP contribution in [-0.2, 0) is 9.59 Å². The summed E-state index contributed by atoms with van der Waals surface area (Å²) < 4.78 is 0. The Labute approximate surface area is 160 Å². The highest BCUT2D eigenvalue weighted by atomic mass is 35.5. The molecule has 2 heterocycles. The van der Waals surface area contributed by atoms with Crippen LogP contribution in [0.5, 0.6) is 0 Å². The van der Waals surface area contributed by atoms with Crippen LogP contribution in [0.25, 0.3) is 0 Å². The Bertz CT molecular complexity index is 794. The fourth-order valence-electron chi connectivity index (χ4n) is 3.75. The van der Waals surface area contributed by atoms with E-state index in [1.54, 1.807) is 23.1 Å². The third-order valence-electron chi connectivity index (χ3n) is 5.23. The first kappa shape index (κ1) is 17.4. The number of imide groups is 1. The highest BCUT2D eigenvalue weighted by Gasteiger charge is 2.52. The molecule has 1 N–H and O–H groups in total. The van der Waals surface area contributed by atoms with Crippen LogP contribution in [0.2, 0.25) is 10.0 Å². The lowest BCUT2D eigenvalue weighted by Gasteiger charge is -2.43. The van der Waals surface area contributed by atoms with E-state index >= 15 is 0 Å². The van der Waals surface area contributed by atoms with Crippen LogP contribution < -0.4 is 5.32 Å². The van der Waals surface area contributed by atoms with Gasteiger partial charge >= 0.3 is 6.03 Å². The van der Waals surface area contributed by atoms with E-state index < -0.39 is 0 Å². The minimum Gasteiger partial charge on any atom is -0.320 e. The summed E-state index contributed by atoms with van der Waals surface area (Å²) in [7, 11) is 0. The molecule has 136 valence electrons. The van der Waals surface area contributed by atoms with E-state index in [1.807, 2.05) is 12.2 Å². The molecule has 0 radical (unpaired) electrons. The van der Waals surface area contributed by atoms with E-state index in [0.717, 1.165) is 0 Å². The zero-order valence-corrected chi connectivity index (χ0v) is 15.3. The first-order valence-corrected chi connectivity index (χ1v) is 9.24. The Hall–Kier alpha value is -2.05. The lowest BCUT2D eigenvalue weighted by Crippen LogP contribution is -2.63. The molecular formula is C18H17Cl2N3O3. The lowest BCUT2D eigenvalue weighted by atomic mass is 9.85. The van der Waals surface area contributed by atoms with Crippen LogP contribution in [0.1, 0.15) is 12.8 Å². The van der Waals surface area contributed by atoms with Gasteiger partial charge in [0.05, 0.1) is 27.9 Å². The largest absolute Gasteiger partial charge is 0.321 e. The van der Waals surface area contributed by atoms with Crippen molar-refractivity contribution in [2.24, 2.45) is 11.8 Å². The highest BCUT2D eigenvalue weighted by molar-refractivity contribution is 6.42. The summed E-state index contributed by atoms with van der Waals surface area (Å²) in [6, 6.07) is 4.31. The third kappa shape index (κ3) is 2.87. The molecule has 0 spiro atoms. The summed E-state index contributed by atoms with van der Waals surface area (Å²) in [4.78, 5) is 40.3. The molecule has 2 saturated heterocycles. The van der Waals surface area contributed by atoms with Gasteiger partial charge in [-0.2, -0.15) is 0 Å². The first-order chi connectivity index (χ1) is 12.5. The number of nitrogens with one attached hydrogen (secondary N) is 1. The SMILES string of the molecule is O=C(Nc1ccc(Cl)c(Cl)c1)N1CC(N2C(=O)[C@H]3CC=CC[C@@H]3C2=O)C1. The lowest BCUT2D eigenvalue weighted by molar-refractivity contribution is -0.145. The van der Waals surface area contributed by atoms with Crippen molar-refractivity contribution in [1.82, 2.24) is 9.80 Å². The first-order valence-electron chi connectivity index (χ1n) is 8.48. The smallest absolute Gasteiger partial charge is 0.320 e. The number of carbonyl (C=O) groups is 3. The molecular weight excluding hydrogens is 377 g/mol. The monoisotopic (exact) mass is 393 g/mol. The quantitative estimate of drug-likeness (QED) is 0.619. The van der Waals surface area contributed by atoms with E-state index in [-0.39, 0.29) is 35.7 Å². The molecule has 2 aliphatic heterocycles. The number of hydrogen-bond donors (Lipinski definition) is 1. The minimum atomic E-state index is -0.294. The zero-order valence-electron chi connectivity index (χ0n) is 13.8. The summed E-state index contributed by atoms with van der Waals surface area (Å²) in [5, 5.41) is 3.51. The summed E-state index contributed by atoms with van der Waals surface area (Å²) >= 11 is 11.8. The number of anilines is 1. The molecule has 8 heteroatoms. The normalized spacial score (nSPS) is 25.3. The maximum Gasteiger partial charge on any atom is 0.321 e. The second kappa shape index (κ2) is 6.59. The highest BCUT2D eigenvalue weighted by Crippen LogP contribution is 2.37. The number of amides is 4. The summed E-state index contributed by atoms with van der Waals surface area (Å²) in [6.07, 6.45) is 5.18. The van der Waals surface area contributed by atoms with Crippen molar-refractivity contribution in [1.29, 1.82) is 0 Å². The average Bonchev–Trinajstić information content (AvgIpc) is 2.83. The Kier molecular flexibility index (Phi) is 4.40. The van der Waals surface area contributed by atoms with Gasteiger partial charge in [-0.15, -0.1) is 0 Å². The Morgan fingerprint density at radius 3 is 2.19 bits per heavy atom. The third-order valence-corrected chi connectivity index (χ3v) is 5.97. The molecule has 26 heavy (non-hydrogen) atoms. The minimum absolute atomic E-state index is 0.0982. The number of urea groups is 1. The molecule has 2 fully saturated rings. The number of nitrogens with zero attached hydrogens (tertiary/aromatic N) is 2. The number of likely N-dealkylation sites (tertiary alicyclic amines) is 2. The van der Waals surface area contributed by atoms with Crippen LogP contribution in [0.3, 0.4) is 0 Å². The summed E-state index contributed by atoms with van der Waals surface area (Å²) in [5.74, 6) is -0.657. The molecule has 1 aromatic rings. The molecule has 0 bridgehead atoms. The van der Waals surface area contributed by atoms with E-state index in [4.69, 9.17) is 23.2 Å². The average molecular weight is 394 g/mol. The van der Waals surface area contributed by atoms with Gasteiger partial charge in [0, 0.05) is 18.8 Å². The molecule has 6 nitrogen and oxygen atoms in total. The van der Waals surface area contributed by atoms with Crippen LogP contribution in [0.15, 0.2) is 30.4 Å². The van der Waals surface area contributed by atoms with Crippen molar-refractivity contribution in [2.75, 3.05) is 18.4 Å². The molecule has 0 aromatic heterocycles. The predicted molar refractivity (Wildman–Crippen MR) is 98.0 cm³/mol. The maximum absolute atomic E-state index is 12.5. The van der Waals surface area contributed by atoms with Gasteiger partial charge in [-0.3, -0.25) is 14.5 Å². The second-order valence-electron chi connectivity index (χ2n) is 6.82. The van der Waals surface area contributed by atoms with Crippen molar-refractivity contribution < 1.29 is 14.4 Å². The van der Waals surface area contributed by atoms with E-state index in [1.165, 1.54) is 4.90 Å². The molecule has 0 saturated carbocycles. The van der Waals surface area contributed by atoms with Gasteiger partial charge in [-0.25, -0.2) is 4.79 Å². The molecule has 3 aliphatic rings. The van der Waals surface area contributed by atoms with Gasteiger partial charge in [-0.05, 0) is 31.0 Å². The topological polar surface area (TPSA) is 69.7 Å². The van der Waals surface area contributed by atoms with Crippen molar-refractivity contribution in [2.45, 2.75) is 18.9 Å². The molecule has 4 amide bonds. The number of allylic oxidation sites excluding steroid dienone is 2. The fourth-order valence-corrected chi connectivity index (χ4v) is 4.04. The van der Waals surface area contributed by atoms with Crippen molar-refractivity contribution >= 4 is 46.7 Å². The van der Waals surface area contributed by atoms with Gasteiger partial charge in [0.25, 0.3) is 0 Å². The number of benzene rings is 1. The molecule has 4 rings (SSSR count). The van der Waals surface area contributed by atoms with Crippen LogP contribution >= 0.6 is 23.2 Å². The number of halogens is 2.